The van der Waals surface area contributed by atoms with Gasteiger partial charge >= 0.3 is 0 Å². The van der Waals surface area contributed by atoms with E-state index in [-0.39, 0.29) is 70.4 Å². The summed E-state index contributed by atoms with van der Waals surface area (Å²) in [6.07, 6.45) is 21.7. The van der Waals surface area contributed by atoms with E-state index in [9.17, 15) is 30.3 Å². The largest absolute Gasteiger partial charge is 0.393 e. The normalized spacial score (nSPS) is 44.5. The van der Waals surface area contributed by atoms with Crippen LogP contribution in [0.25, 0.3) is 0 Å². The Morgan fingerprint density at radius 2 is 1.69 bits per heavy atom. The van der Waals surface area contributed by atoms with E-state index in [1.807, 2.05) is 34.1 Å². The Hall–Kier alpha value is -1.87. The summed E-state index contributed by atoms with van der Waals surface area (Å²) >= 11 is 0. The van der Waals surface area contributed by atoms with E-state index >= 15 is 0 Å². The van der Waals surface area contributed by atoms with Gasteiger partial charge in [0, 0.05) is 52.7 Å². The molecule has 362 valence electrons. The van der Waals surface area contributed by atoms with E-state index in [0.717, 1.165) is 62.7 Å². The van der Waals surface area contributed by atoms with Crippen LogP contribution in [0.1, 0.15) is 163 Å². The average Bonchev–Trinajstić information content (AvgIpc) is 4.07. The second kappa shape index (κ2) is 17.8. The maximum absolute atomic E-state index is 14.8. The number of carbonyl (C=O) groups is 1. The van der Waals surface area contributed by atoms with Gasteiger partial charge in [-0.3, -0.25) is 9.79 Å². The number of fused-ring (bicyclic) bond motifs is 10. The van der Waals surface area contributed by atoms with Crippen molar-refractivity contribution in [1.82, 2.24) is 14.9 Å². The Morgan fingerprint density at radius 3 is 2.38 bits per heavy atom. The molecule has 65 heavy (non-hydrogen) atoms. The number of hydrogen-bond acceptors (Lipinski definition) is 10. The van der Waals surface area contributed by atoms with Crippen molar-refractivity contribution in [2.24, 2.45) is 67.9 Å². The molecule has 0 radical (unpaired) electrons. The van der Waals surface area contributed by atoms with Gasteiger partial charge in [0.05, 0.1) is 30.2 Å². The first-order chi connectivity index (χ1) is 30.8. The lowest BCUT2D eigenvalue weighted by atomic mass is 9.42. The molecule has 2 bridgehead atoms. The van der Waals surface area contributed by atoms with Gasteiger partial charge in [-0.25, -0.2) is 4.98 Å². The lowest BCUT2D eigenvalue weighted by Crippen LogP contribution is -2.66. The second-order valence-corrected chi connectivity index (χ2v) is 26.8. The van der Waals surface area contributed by atoms with Crippen LogP contribution in [0.15, 0.2) is 46.5 Å². The van der Waals surface area contributed by atoms with Gasteiger partial charge in [0.15, 0.2) is 11.7 Å². The standard InChI is InChI=1S/C52H81N5O6S2/c1-31-36-23-44(52(63)39-22-41(60)38-21-42(61)43(62)27-48(38,5)45(39)34(24-49(36,52)6)28-55-46(53)56-32(2)58)51(16-9-10-17-51)65-64-29-35(57-19-18-54-30-57)26-47(3,4)37(20-40(31)59)33-12-11-15-50(25-33)13-7-8-14-50/h18-19,22,30-32,34-36,38,40,42-45,58-59,61-63H,7-17,20-21,23-29H2,1-6H3,(H3,53,55,56)/b37-33+/t31-,32-,34-,35+,36+,38-,40+,42+,43-,44+,45-,48-,49+,52-/m0/s1. The van der Waals surface area contributed by atoms with Gasteiger partial charge in [0.25, 0.3) is 0 Å². The zero-order chi connectivity index (χ0) is 46.3. The lowest BCUT2D eigenvalue weighted by Gasteiger charge is -2.64. The zero-order valence-electron chi connectivity index (χ0n) is 40.2. The highest BCUT2D eigenvalue weighted by Gasteiger charge is 2.75. The third-order valence-corrected chi connectivity index (χ3v) is 23.2. The SMILES string of the molecule is C[C@@H]1[C@H](O)C/C(=C2/CCCC3(CCCC3)C2)C(C)(C)C[C@@H](n2ccnc2)CSSC2(CCCC2)[C@H]2C[C@H]1[C@@]1(C)C[C@@H](CN=C(N)N[C@H](C)O)[C@H]3C(=CC(=O)[C@@H]4C[C@@H](O)[C@@H](O)C[C@]34C)[C@]21O. The fraction of sp³-hybridized carbons (Fsp3) is 0.827. The van der Waals surface area contributed by atoms with E-state index in [1.54, 1.807) is 18.6 Å². The minimum atomic E-state index is -1.38. The lowest BCUT2D eigenvalue weighted by molar-refractivity contribution is -0.171. The van der Waals surface area contributed by atoms with Crippen molar-refractivity contribution in [1.29, 1.82) is 0 Å². The van der Waals surface area contributed by atoms with Gasteiger partial charge in [-0.1, -0.05) is 93.0 Å². The maximum atomic E-state index is 14.8. The quantitative estimate of drug-likeness (QED) is 0.0507. The van der Waals surface area contributed by atoms with E-state index in [2.05, 4.69) is 55.7 Å². The summed E-state index contributed by atoms with van der Waals surface area (Å²) in [7, 11) is 3.95. The molecule has 0 aromatic carbocycles. The fourth-order valence-corrected chi connectivity index (χ4v) is 20.6. The number of nitrogens with zero attached hydrogens (tertiary/aromatic N) is 3. The Balaban J connectivity index is 1.20. The van der Waals surface area contributed by atoms with Gasteiger partial charge in [-0.05, 0) is 148 Å². The predicted octanol–water partition coefficient (Wildman–Crippen LogP) is 8.27. The van der Waals surface area contributed by atoms with Crippen LogP contribution in [0.5, 0.6) is 0 Å². The number of guanidine groups is 1. The number of aliphatic imine (C=N–C) groups is 1. The number of carbonyl (C=O) groups excluding carboxylic acids is 1. The summed E-state index contributed by atoms with van der Waals surface area (Å²) in [5.74, 6) is -0.460. The van der Waals surface area contributed by atoms with E-state index in [1.165, 1.54) is 44.1 Å². The summed E-state index contributed by atoms with van der Waals surface area (Å²) in [5.41, 5.74) is 7.54. The molecule has 11 nitrogen and oxygen atoms in total. The van der Waals surface area contributed by atoms with Crippen molar-refractivity contribution in [2.45, 2.75) is 198 Å². The maximum Gasteiger partial charge on any atom is 0.190 e. The average molecular weight is 936 g/mol. The molecule has 14 atom stereocenters. The number of allylic oxidation sites excluding steroid dienone is 2. The second-order valence-electron chi connectivity index (χ2n) is 24.0. The number of nitrogens with one attached hydrogen (secondary N) is 1. The Kier molecular flexibility index (Phi) is 13.2. The number of hydrogen-bond donors (Lipinski definition) is 7. The molecular weight excluding hydrogens is 855 g/mol. The molecule has 7 fully saturated rings. The minimum absolute atomic E-state index is 0.0697. The monoisotopic (exact) mass is 936 g/mol. The Bertz CT molecular complexity index is 2010. The number of aromatic nitrogens is 2. The summed E-state index contributed by atoms with van der Waals surface area (Å²) in [5, 5.41) is 63.2. The van der Waals surface area contributed by atoms with E-state index in [4.69, 9.17) is 10.7 Å². The Morgan fingerprint density at radius 1 is 0.985 bits per heavy atom. The third-order valence-electron chi connectivity index (χ3n) is 19.8. The molecule has 2 spiro atoms. The van der Waals surface area contributed by atoms with Crippen molar-refractivity contribution < 1.29 is 30.3 Å². The molecule has 13 heteroatoms. The predicted molar refractivity (Wildman–Crippen MR) is 261 cm³/mol. The van der Waals surface area contributed by atoms with Crippen molar-refractivity contribution >= 4 is 33.3 Å². The molecule has 6 saturated carbocycles. The van der Waals surface area contributed by atoms with Crippen molar-refractivity contribution in [3.8, 4) is 0 Å². The topological polar surface area (TPSA) is 186 Å². The minimum Gasteiger partial charge on any atom is -0.393 e. The molecule has 9 rings (SSSR count). The first-order valence-electron chi connectivity index (χ1n) is 25.5. The summed E-state index contributed by atoms with van der Waals surface area (Å²) in [6, 6.07) is 0.185. The van der Waals surface area contributed by atoms with E-state index in [0.29, 0.717) is 24.8 Å². The highest BCUT2D eigenvalue weighted by atomic mass is 33.1. The van der Waals surface area contributed by atoms with Crippen LogP contribution in [-0.4, -0.2) is 94.0 Å². The summed E-state index contributed by atoms with van der Waals surface area (Å²) < 4.78 is 2.04. The van der Waals surface area contributed by atoms with Crippen LogP contribution in [0.4, 0.5) is 0 Å². The number of imidazole rings is 1. The zero-order valence-corrected chi connectivity index (χ0v) is 41.8. The molecular formula is C52H81N5O6S2. The first-order valence-corrected chi connectivity index (χ1v) is 27.8. The molecule has 0 amide bonds. The van der Waals surface area contributed by atoms with Crippen molar-refractivity contribution in [3.63, 3.8) is 0 Å². The highest BCUT2D eigenvalue weighted by molar-refractivity contribution is 8.77. The summed E-state index contributed by atoms with van der Waals surface area (Å²) in [4.78, 5) is 24.2. The number of rotatable bonds is 4. The van der Waals surface area contributed by atoms with Gasteiger partial charge in [-0.2, -0.15) is 0 Å². The van der Waals surface area contributed by atoms with Gasteiger partial charge in [0.2, 0.25) is 0 Å². The molecule has 7 aliphatic carbocycles. The molecule has 0 unspecified atom stereocenters. The van der Waals surface area contributed by atoms with Crippen LogP contribution in [0.3, 0.4) is 0 Å². The molecule has 8 aliphatic rings. The van der Waals surface area contributed by atoms with Gasteiger partial charge in [-0.15, -0.1) is 0 Å². The van der Waals surface area contributed by atoms with E-state index < -0.39 is 46.9 Å². The number of aliphatic hydroxyl groups is 5. The first kappa shape index (κ1) is 48.2. The van der Waals surface area contributed by atoms with Crippen molar-refractivity contribution in [2.75, 3.05) is 12.3 Å². The molecule has 1 aromatic heterocycles. The molecule has 8 N–H and O–H groups in total. The smallest absolute Gasteiger partial charge is 0.190 e. The summed E-state index contributed by atoms with van der Waals surface area (Å²) in [6.45, 7) is 13.4. The van der Waals surface area contributed by atoms with Crippen LogP contribution < -0.4 is 11.1 Å². The molecule has 1 aromatic rings. The van der Waals surface area contributed by atoms with Crippen LogP contribution in [0.2, 0.25) is 0 Å². The molecule has 1 aliphatic heterocycles. The number of aliphatic hydroxyl groups excluding tert-OH is 4. The van der Waals surface area contributed by atoms with Crippen LogP contribution in [-0.2, 0) is 4.79 Å². The molecule has 1 saturated heterocycles. The number of nitrogens with two attached hydrogens (primary N) is 1. The van der Waals surface area contributed by atoms with Gasteiger partial charge in [0.1, 0.15) is 6.23 Å². The highest BCUT2D eigenvalue weighted by Crippen LogP contribution is 2.75. The van der Waals surface area contributed by atoms with Crippen molar-refractivity contribution in [3.05, 3.63) is 41.5 Å². The molecule has 2 heterocycles. The fourth-order valence-electron chi connectivity index (χ4n) is 16.7. The third kappa shape index (κ3) is 8.24. The Labute approximate surface area is 396 Å². The van der Waals surface area contributed by atoms with Gasteiger partial charge < -0.3 is 41.2 Å². The van der Waals surface area contributed by atoms with Crippen LogP contribution >= 0.6 is 21.6 Å². The van der Waals surface area contributed by atoms with Crippen LogP contribution in [0, 0.1) is 57.2 Å². The number of ketones is 1.